The van der Waals surface area contributed by atoms with Crippen molar-refractivity contribution in [3.63, 3.8) is 0 Å². The summed E-state index contributed by atoms with van der Waals surface area (Å²) in [6.45, 7) is 0.338. The first-order valence-corrected chi connectivity index (χ1v) is 7.06. The van der Waals surface area contributed by atoms with Crippen LogP contribution in [0.5, 0.6) is 0 Å². The Balaban J connectivity index is 1.65. The first-order chi connectivity index (χ1) is 10.1. The molecule has 1 saturated carbocycles. The Kier molecular flexibility index (Phi) is 3.86. The van der Waals surface area contributed by atoms with Gasteiger partial charge in [-0.15, -0.1) is 0 Å². The van der Waals surface area contributed by atoms with Crippen LogP contribution in [0.1, 0.15) is 37.4 Å². The van der Waals surface area contributed by atoms with Gasteiger partial charge in [0.2, 0.25) is 0 Å². The number of benzene rings is 1. The highest BCUT2D eigenvalue weighted by molar-refractivity contribution is 5.44. The van der Waals surface area contributed by atoms with Gasteiger partial charge in [-0.2, -0.15) is 5.10 Å². The molecule has 1 aliphatic rings. The number of nitrogens with zero attached hydrogens (tertiary/aromatic N) is 2. The van der Waals surface area contributed by atoms with Gasteiger partial charge >= 0.3 is 0 Å². The third-order valence-corrected chi connectivity index (χ3v) is 3.82. The van der Waals surface area contributed by atoms with E-state index >= 15 is 0 Å². The average Bonchev–Trinajstić information content (AvgIpc) is 3.12. The topological polar surface area (TPSA) is 29.9 Å². The number of halogens is 3. The second kappa shape index (κ2) is 5.79. The van der Waals surface area contributed by atoms with Crippen molar-refractivity contribution in [3.05, 3.63) is 47.5 Å². The molecule has 0 aliphatic heterocycles. The zero-order valence-corrected chi connectivity index (χ0v) is 11.5. The molecule has 6 heteroatoms. The van der Waals surface area contributed by atoms with Crippen molar-refractivity contribution in [3.8, 4) is 0 Å². The highest BCUT2D eigenvalue weighted by Crippen LogP contribution is 2.28. The molecule has 3 nitrogen and oxygen atoms in total. The van der Waals surface area contributed by atoms with E-state index in [1.165, 1.54) is 12.8 Å². The van der Waals surface area contributed by atoms with Gasteiger partial charge in [0, 0.05) is 24.0 Å². The van der Waals surface area contributed by atoms with Crippen LogP contribution in [-0.4, -0.2) is 9.78 Å². The normalized spacial score (nSPS) is 15.6. The smallest absolute Gasteiger partial charge is 0.194 e. The summed E-state index contributed by atoms with van der Waals surface area (Å²) in [6, 6.07) is 4.21. The molecule has 1 aliphatic carbocycles. The lowest BCUT2D eigenvalue weighted by Crippen LogP contribution is -2.07. The molecule has 1 aromatic carbocycles. The fourth-order valence-corrected chi connectivity index (χ4v) is 2.69. The Morgan fingerprint density at radius 2 is 1.81 bits per heavy atom. The molecule has 0 atom stereocenters. The van der Waals surface area contributed by atoms with E-state index in [1.54, 1.807) is 0 Å². The molecule has 0 amide bonds. The lowest BCUT2D eigenvalue weighted by Gasteiger charge is -2.09. The molecule has 21 heavy (non-hydrogen) atoms. The van der Waals surface area contributed by atoms with Gasteiger partial charge in [-0.25, -0.2) is 13.2 Å². The molecule has 1 aromatic heterocycles. The van der Waals surface area contributed by atoms with Gasteiger partial charge in [-0.05, 0) is 18.9 Å². The number of anilines is 1. The predicted octanol–water partition coefficient (Wildman–Crippen LogP) is 4.03. The summed E-state index contributed by atoms with van der Waals surface area (Å²) in [4.78, 5) is 0. The minimum Gasteiger partial charge on any atom is -0.379 e. The standard InChI is InChI=1S/C15H16F3N3/c16-13-7-11(8-14(17)15(13)18)19-9-10-5-6-21(20-10)12-3-1-2-4-12/h5-8,12,19H,1-4,9H2. The summed E-state index contributed by atoms with van der Waals surface area (Å²) in [7, 11) is 0. The monoisotopic (exact) mass is 295 g/mol. The molecule has 2 aromatic rings. The van der Waals surface area contributed by atoms with Crippen molar-refractivity contribution < 1.29 is 13.2 Å². The molecule has 0 unspecified atom stereocenters. The molecule has 0 radical (unpaired) electrons. The van der Waals surface area contributed by atoms with Crippen LogP contribution >= 0.6 is 0 Å². The fraction of sp³-hybridized carbons (Fsp3) is 0.400. The zero-order chi connectivity index (χ0) is 14.8. The maximum atomic E-state index is 13.1. The summed E-state index contributed by atoms with van der Waals surface area (Å²) in [5, 5.41) is 7.31. The number of nitrogens with one attached hydrogen (secondary N) is 1. The largest absolute Gasteiger partial charge is 0.379 e. The Hall–Kier alpha value is -1.98. The van der Waals surface area contributed by atoms with Crippen molar-refractivity contribution >= 4 is 5.69 Å². The summed E-state index contributed by atoms with van der Waals surface area (Å²) < 4.78 is 41.0. The number of hydrogen-bond donors (Lipinski definition) is 1. The van der Waals surface area contributed by atoms with Gasteiger partial charge in [0.15, 0.2) is 17.5 Å². The molecule has 1 heterocycles. The Morgan fingerprint density at radius 1 is 1.14 bits per heavy atom. The highest BCUT2D eigenvalue weighted by Gasteiger charge is 2.17. The van der Waals surface area contributed by atoms with Crippen LogP contribution in [-0.2, 0) is 6.54 Å². The van der Waals surface area contributed by atoms with E-state index in [0.717, 1.165) is 30.7 Å². The second-order valence-corrected chi connectivity index (χ2v) is 5.33. The van der Waals surface area contributed by atoms with Gasteiger partial charge in [0.1, 0.15) is 0 Å². The van der Waals surface area contributed by atoms with Crippen LogP contribution in [0.4, 0.5) is 18.9 Å². The predicted molar refractivity (Wildman–Crippen MR) is 73.4 cm³/mol. The van der Waals surface area contributed by atoms with Crippen LogP contribution in [0.25, 0.3) is 0 Å². The van der Waals surface area contributed by atoms with Crippen molar-refractivity contribution in [2.45, 2.75) is 38.3 Å². The highest BCUT2D eigenvalue weighted by atomic mass is 19.2. The van der Waals surface area contributed by atoms with Crippen LogP contribution in [0.15, 0.2) is 24.4 Å². The fourth-order valence-electron chi connectivity index (χ4n) is 2.69. The van der Waals surface area contributed by atoms with Crippen molar-refractivity contribution in [2.75, 3.05) is 5.32 Å². The molecule has 1 fully saturated rings. The van der Waals surface area contributed by atoms with E-state index < -0.39 is 17.5 Å². The van der Waals surface area contributed by atoms with Gasteiger partial charge in [0.05, 0.1) is 18.3 Å². The molecule has 3 rings (SSSR count). The van der Waals surface area contributed by atoms with E-state index in [9.17, 15) is 13.2 Å². The minimum absolute atomic E-state index is 0.196. The van der Waals surface area contributed by atoms with E-state index in [4.69, 9.17) is 0 Å². The number of aromatic nitrogens is 2. The molecule has 1 N–H and O–H groups in total. The molecule has 0 spiro atoms. The summed E-state index contributed by atoms with van der Waals surface area (Å²) in [6.07, 6.45) is 6.67. The van der Waals surface area contributed by atoms with Gasteiger partial charge in [-0.1, -0.05) is 12.8 Å². The van der Waals surface area contributed by atoms with Crippen LogP contribution in [0, 0.1) is 17.5 Å². The quantitative estimate of drug-likeness (QED) is 0.863. The molecule has 112 valence electrons. The zero-order valence-electron chi connectivity index (χ0n) is 11.5. The van der Waals surface area contributed by atoms with Gasteiger partial charge < -0.3 is 5.32 Å². The van der Waals surface area contributed by atoms with Crippen LogP contribution < -0.4 is 5.32 Å². The first kappa shape index (κ1) is 14.0. The van der Waals surface area contributed by atoms with Crippen molar-refractivity contribution in [2.24, 2.45) is 0 Å². The van der Waals surface area contributed by atoms with E-state index in [0.29, 0.717) is 12.6 Å². The summed E-state index contributed by atoms with van der Waals surface area (Å²) in [5.74, 6) is -3.85. The molecule has 0 saturated heterocycles. The summed E-state index contributed by atoms with van der Waals surface area (Å²) in [5.41, 5.74) is 0.980. The molecular formula is C15H16F3N3. The Morgan fingerprint density at radius 3 is 2.48 bits per heavy atom. The number of hydrogen-bond acceptors (Lipinski definition) is 2. The van der Waals surface area contributed by atoms with Gasteiger partial charge in [0.25, 0.3) is 0 Å². The molecular weight excluding hydrogens is 279 g/mol. The Bertz CT molecular complexity index is 610. The molecule has 0 bridgehead atoms. The second-order valence-electron chi connectivity index (χ2n) is 5.33. The van der Waals surface area contributed by atoms with E-state index in [1.807, 2.05) is 16.9 Å². The first-order valence-electron chi connectivity index (χ1n) is 7.06. The van der Waals surface area contributed by atoms with Crippen LogP contribution in [0.2, 0.25) is 0 Å². The van der Waals surface area contributed by atoms with Crippen molar-refractivity contribution in [1.82, 2.24) is 9.78 Å². The van der Waals surface area contributed by atoms with Gasteiger partial charge in [-0.3, -0.25) is 4.68 Å². The lowest BCUT2D eigenvalue weighted by atomic mass is 10.2. The summed E-state index contributed by atoms with van der Waals surface area (Å²) >= 11 is 0. The minimum atomic E-state index is -1.45. The van der Waals surface area contributed by atoms with Crippen LogP contribution in [0.3, 0.4) is 0 Å². The Labute approximate surface area is 120 Å². The lowest BCUT2D eigenvalue weighted by molar-refractivity contribution is 0.447. The maximum absolute atomic E-state index is 13.1. The third kappa shape index (κ3) is 3.04. The third-order valence-electron chi connectivity index (χ3n) is 3.82. The van der Waals surface area contributed by atoms with Crippen molar-refractivity contribution in [1.29, 1.82) is 0 Å². The number of rotatable bonds is 4. The van der Waals surface area contributed by atoms with E-state index in [2.05, 4.69) is 10.4 Å². The van der Waals surface area contributed by atoms with E-state index in [-0.39, 0.29) is 5.69 Å². The SMILES string of the molecule is Fc1cc(NCc2ccn(C3CCCC3)n2)cc(F)c1F. The average molecular weight is 295 g/mol. The maximum Gasteiger partial charge on any atom is 0.194 e.